The molecule has 1 heterocycles. The van der Waals surface area contributed by atoms with E-state index in [9.17, 15) is 0 Å². The minimum absolute atomic E-state index is 0.0729. The van der Waals surface area contributed by atoms with E-state index in [-0.39, 0.29) is 6.04 Å². The van der Waals surface area contributed by atoms with Crippen molar-refractivity contribution in [1.29, 1.82) is 0 Å². The third-order valence-corrected chi connectivity index (χ3v) is 3.81. The van der Waals surface area contributed by atoms with E-state index in [0.29, 0.717) is 6.04 Å². The highest BCUT2D eigenvalue weighted by atomic mass is 16.5. The van der Waals surface area contributed by atoms with Gasteiger partial charge in [-0.2, -0.15) is 0 Å². The van der Waals surface area contributed by atoms with Gasteiger partial charge in [-0.3, -0.25) is 4.90 Å². The van der Waals surface area contributed by atoms with Crippen LogP contribution < -0.4 is 5.73 Å². The first-order chi connectivity index (χ1) is 8.68. The number of nitrogens with two attached hydrogens (primary N) is 1. The summed E-state index contributed by atoms with van der Waals surface area (Å²) < 4.78 is 5.49. The molecule has 100 valence electrons. The van der Waals surface area contributed by atoms with E-state index < -0.39 is 0 Å². The van der Waals surface area contributed by atoms with Crippen molar-refractivity contribution in [1.82, 2.24) is 4.90 Å². The van der Waals surface area contributed by atoms with Crippen LogP contribution in [-0.4, -0.2) is 37.2 Å². The quantitative estimate of drug-likeness (QED) is 0.890. The first-order valence-corrected chi connectivity index (χ1v) is 6.82. The highest BCUT2D eigenvalue weighted by Crippen LogP contribution is 2.20. The molecule has 2 unspecified atom stereocenters. The van der Waals surface area contributed by atoms with E-state index >= 15 is 0 Å². The maximum absolute atomic E-state index is 6.39. The Kier molecular flexibility index (Phi) is 4.75. The Hall–Kier alpha value is -0.900. The lowest BCUT2D eigenvalue weighted by atomic mass is 9.99. The maximum atomic E-state index is 6.39. The van der Waals surface area contributed by atoms with Crippen molar-refractivity contribution in [3.8, 4) is 0 Å². The second kappa shape index (κ2) is 6.32. The third-order valence-electron chi connectivity index (χ3n) is 3.81. The predicted octanol–water partition coefficient (Wildman–Crippen LogP) is 2.11. The topological polar surface area (TPSA) is 38.5 Å². The smallest absolute Gasteiger partial charge is 0.0593 e. The van der Waals surface area contributed by atoms with E-state index in [1.807, 2.05) is 0 Å². The maximum Gasteiger partial charge on any atom is 0.0593 e. The van der Waals surface area contributed by atoms with Crippen molar-refractivity contribution in [2.24, 2.45) is 5.73 Å². The molecule has 1 aliphatic rings. The molecule has 1 aliphatic heterocycles. The average Bonchev–Trinajstić information content (AvgIpc) is 2.67. The lowest BCUT2D eigenvalue weighted by Crippen LogP contribution is -2.42. The zero-order chi connectivity index (χ0) is 13.0. The monoisotopic (exact) mass is 248 g/mol. The Morgan fingerprint density at radius 1 is 1.17 bits per heavy atom. The van der Waals surface area contributed by atoms with Crippen LogP contribution in [-0.2, 0) is 4.74 Å². The van der Waals surface area contributed by atoms with Gasteiger partial charge in [-0.25, -0.2) is 0 Å². The van der Waals surface area contributed by atoms with Crippen molar-refractivity contribution < 1.29 is 4.74 Å². The number of hydrogen-bond acceptors (Lipinski definition) is 3. The molecule has 2 rings (SSSR count). The van der Waals surface area contributed by atoms with Crippen molar-refractivity contribution >= 4 is 0 Å². The molecule has 0 aliphatic carbocycles. The van der Waals surface area contributed by atoms with Crippen LogP contribution in [0, 0.1) is 6.92 Å². The molecule has 1 fully saturated rings. The summed E-state index contributed by atoms with van der Waals surface area (Å²) in [5, 5.41) is 0. The van der Waals surface area contributed by atoms with Crippen molar-refractivity contribution in [2.75, 3.05) is 26.3 Å². The normalized spacial score (nSPS) is 21.3. The molecule has 0 spiro atoms. The van der Waals surface area contributed by atoms with E-state index in [1.165, 1.54) is 11.1 Å². The predicted molar refractivity (Wildman–Crippen MR) is 74.6 cm³/mol. The summed E-state index contributed by atoms with van der Waals surface area (Å²) >= 11 is 0. The summed E-state index contributed by atoms with van der Waals surface area (Å²) in [6.45, 7) is 8.09. The molecule has 3 nitrogen and oxygen atoms in total. The fourth-order valence-corrected chi connectivity index (χ4v) is 2.47. The van der Waals surface area contributed by atoms with Gasteiger partial charge in [0.15, 0.2) is 0 Å². The molecule has 1 aromatic carbocycles. The Morgan fingerprint density at radius 3 is 2.61 bits per heavy atom. The van der Waals surface area contributed by atoms with Gasteiger partial charge in [0.05, 0.1) is 6.61 Å². The number of ether oxygens (including phenoxy) is 1. The summed E-state index contributed by atoms with van der Waals surface area (Å²) in [5.74, 6) is 0. The number of nitrogens with zero attached hydrogens (tertiary/aromatic N) is 1. The van der Waals surface area contributed by atoms with Gasteiger partial charge in [0.2, 0.25) is 0 Å². The second-order valence-electron chi connectivity index (χ2n) is 5.18. The molecular weight excluding hydrogens is 224 g/mol. The minimum atomic E-state index is 0.0729. The van der Waals surface area contributed by atoms with Crippen LogP contribution in [0.25, 0.3) is 0 Å². The number of rotatable bonds is 3. The van der Waals surface area contributed by atoms with Gasteiger partial charge in [0.1, 0.15) is 0 Å². The van der Waals surface area contributed by atoms with E-state index in [2.05, 4.69) is 43.0 Å². The van der Waals surface area contributed by atoms with Crippen LogP contribution in [0.3, 0.4) is 0 Å². The molecule has 0 bridgehead atoms. The first kappa shape index (κ1) is 13.5. The van der Waals surface area contributed by atoms with Crippen molar-refractivity contribution in [3.05, 3.63) is 35.4 Å². The molecule has 0 saturated carbocycles. The lowest BCUT2D eigenvalue weighted by Gasteiger charge is -2.31. The van der Waals surface area contributed by atoms with Crippen molar-refractivity contribution in [3.63, 3.8) is 0 Å². The molecule has 2 N–H and O–H groups in total. The Labute approximate surface area is 110 Å². The van der Waals surface area contributed by atoms with E-state index in [4.69, 9.17) is 10.5 Å². The van der Waals surface area contributed by atoms with Gasteiger partial charge in [0, 0.05) is 31.8 Å². The Balaban J connectivity index is 2.02. The fraction of sp³-hybridized carbons (Fsp3) is 0.600. The van der Waals surface area contributed by atoms with Gasteiger partial charge >= 0.3 is 0 Å². The Morgan fingerprint density at radius 2 is 1.89 bits per heavy atom. The van der Waals surface area contributed by atoms with Gasteiger partial charge in [-0.15, -0.1) is 0 Å². The van der Waals surface area contributed by atoms with Gasteiger partial charge < -0.3 is 10.5 Å². The molecule has 18 heavy (non-hydrogen) atoms. The van der Waals surface area contributed by atoms with E-state index in [0.717, 1.165) is 32.7 Å². The SMILES string of the molecule is Cc1ccc(C(N)C(C)N2CCCOCC2)cc1. The van der Waals surface area contributed by atoms with Gasteiger partial charge in [-0.1, -0.05) is 29.8 Å². The molecule has 1 aromatic rings. The van der Waals surface area contributed by atoms with E-state index in [1.54, 1.807) is 0 Å². The van der Waals surface area contributed by atoms with Crippen LogP contribution in [0.15, 0.2) is 24.3 Å². The lowest BCUT2D eigenvalue weighted by molar-refractivity contribution is 0.129. The Bertz CT molecular complexity index is 355. The van der Waals surface area contributed by atoms with Gasteiger partial charge in [-0.05, 0) is 25.8 Å². The highest BCUT2D eigenvalue weighted by Gasteiger charge is 2.22. The van der Waals surface area contributed by atoms with Crippen LogP contribution in [0.2, 0.25) is 0 Å². The summed E-state index contributed by atoms with van der Waals surface area (Å²) in [6.07, 6.45) is 1.10. The minimum Gasteiger partial charge on any atom is -0.380 e. The van der Waals surface area contributed by atoms with Crippen LogP contribution in [0.4, 0.5) is 0 Å². The molecule has 1 saturated heterocycles. The van der Waals surface area contributed by atoms with Crippen molar-refractivity contribution in [2.45, 2.75) is 32.4 Å². The second-order valence-corrected chi connectivity index (χ2v) is 5.18. The summed E-state index contributed by atoms with van der Waals surface area (Å²) in [6, 6.07) is 8.98. The molecule has 0 aromatic heterocycles. The largest absolute Gasteiger partial charge is 0.380 e. The molecule has 0 radical (unpaired) electrons. The standard InChI is InChI=1S/C15H24N2O/c1-12-4-6-14(7-5-12)15(16)13(2)17-8-3-10-18-11-9-17/h4-7,13,15H,3,8-11,16H2,1-2H3. The fourth-order valence-electron chi connectivity index (χ4n) is 2.47. The number of benzene rings is 1. The zero-order valence-electron chi connectivity index (χ0n) is 11.4. The summed E-state index contributed by atoms with van der Waals surface area (Å²) in [7, 11) is 0. The number of hydrogen-bond donors (Lipinski definition) is 1. The third kappa shape index (κ3) is 3.31. The van der Waals surface area contributed by atoms with Crippen LogP contribution in [0.5, 0.6) is 0 Å². The molecule has 0 amide bonds. The van der Waals surface area contributed by atoms with Crippen LogP contribution in [0.1, 0.15) is 30.5 Å². The zero-order valence-corrected chi connectivity index (χ0v) is 11.4. The molecule has 2 atom stereocenters. The summed E-state index contributed by atoms with van der Waals surface area (Å²) in [4.78, 5) is 2.44. The average molecular weight is 248 g/mol. The van der Waals surface area contributed by atoms with Gasteiger partial charge in [0.25, 0.3) is 0 Å². The first-order valence-electron chi connectivity index (χ1n) is 6.82. The van der Waals surface area contributed by atoms with Crippen LogP contribution >= 0.6 is 0 Å². The number of aryl methyl sites for hydroxylation is 1. The molecule has 3 heteroatoms. The highest BCUT2D eigenvalue weighted by molar-refractivity contribution is 5.24. The molecular formula is C15H24N2O. The summed E-state index contributed by atoms with van der Waals surface area (Å²) in [5.41, 5.74) is 8.89.